The number of halogens is 1. The Labute approximate surface area is 151 Å². The fraction of sp³-hybridized carbons (Fsp3) is 0.316. The maximum Gasteiger partial charge on any atom is 0.259 e. The lowest BCUT2D eigenvalue weighted by Crippen LogP contribution is -2.34. The van der Waals surface area contributed by atoms with Crippen molar-refractivity contribution in [2.75, 3.05) is 11.4 Å². The second kappa shape index (κ2) is 5.30. The molecule has 0 fully saturated rings. The Balaban J connectivity index is 1.81. The first-order valence-corrected chi connectivity index (χ1v) is 8.57. The van der Waals surface area contributed by atoms with E-state index in [1.54, 1.807) is 15.8 Å². The Morgan fingerprint density at radius 1 is 1.32 bits per heavy atom. The average molecular weight is 355 g/mol. The second-order valence-electron chi connectivity index (χ2n) is 7.21. The van der Waals surface area contributed by atoms with Crippen molar-refractivity contribution < 1.29 is 4.79 Å². The van der Waals surface area contributed by atoms with E-state index in [2.05, 4.69) is 23.9 Å². The van der Waals surface area contributed by atoms with Gasteiger partial charge in [-0.25, -0.2) is 4.98 Å². The van der Waals surface area contributed by atoms with Crippen LogP contribution in [0.25, 0.3) is 11.0 Å². The zero-order valence-corrected chi connectivity index (χ0v) is 15.4. The first-order valence-electron chi connectivity index (χ1n) is 8.20. The van der Waals surface area contributed by atoms with Crippen molar-refractivity contribution in [2.24, 2.45) is 7.05 Å². The van der Waals surface area contributed by atoms with Gasteiger partial charge in [0.25, 0.3) is 5.91 Å². The number of aromatic nitrogens is 3. The minimum Gasteiger partial charge on any atom is -0.307 e. The molecule has 0 aliphatic carbocycles. The van der Waals surface area contributed by atoms with Gasteiger partial charge in [-0.3, -0.25) is 9.48 Å². The summed E-state index contributed by atoms with van der Waals surface area (Å²) >= 11 is 6.41. The Kier molecular flexibility index (Phi) is 3.41. The van der Waals surface area contributed by atoms with E-state index in [9.17, 15) is 4.79 Å². The number of rotatable bonds is 1. The van der Waals surface area contributed by atoms with Crippen LogP contribution in [-0.2, 0) is 12.5 Å². The van der Waals surface area contributed by atoms with E-state index < -0.39 is 0 Å². The summed E-state index contributed by atoms with van der Waals surface area (Å²) < 4.78 is 1.73. The summed E-state index contributed by atoms with van der Waals surface area (Å²) in [5.74, 6) is -0.0632. The van der Waals surface area contributed by atoms with Crippen molar-refractivity contribution >= 4 is 34.2 Å². The van der Waals surface area contributed by atoms with E-state index in [4.69, 9.17) is 11.6 Å². The van der Waals surface area contributed by atoms with Crippen LogP contribution in [0.5, 0.6) is 0 Å². The van der Waals surface area contributed by atoms with Gasteiger partial charge in [-0.05, 0) is 25.1 Å². The number of hydrogen-bond acceptors (Lipinski definition) is 3. The molecule has 0 unspecified atom stereocenters. The fourth-order valence-corrected chi connectivity index (χ4v) is 4.15. The zero-order chi connectivity index (χ0) is 17.9. The number of anilines is 1. The number of benzene rings is 1. The Bertz CT molecular complexity index is 1020. The third kappa shape index (κ3) is 2.34. The van der Waals surface area contributed by atoms with Gasteiger partial charge in [0.15, 0.2) is 5.65 Å². The quantitative estimate of drug-likeness (QED) is 0.666. The SMILES string of the molecule is Cc1nn(C)c2ncc(C(=O)N3CC(C)(C)c4c(Cl)cccc43)cc12. The van der Waals surface area contributed by atoms with Gasteiger partial charge < -0.3 is 4.90 Å². The van der Waals surface area contributed by atoms with Gasteiger partial charge in [0.1, 0.15) is 0 Å². The summed E-state index contributed by atoms with van der Waals surface area (Å²) in [6.45, 7) is 6.73. The van der Waals surface area contributed by atoms with Crippen LogP contribution in [0.2, 0.25) is 5.02 Å². The monoisotopic (exact) mass is 354 g/mol. The minimum atomic E-state index is -0.189. The molecule has 1 amide bonds. The number of carbonyl (C=O) groups is 1. The van der Waals surface area contributed by atoms with Gasteiger partial charge >= 0.3 is 0 Å². The molecule has 1 aromatic carbocycles. The smallest absolute Gasteiger partial charge is 0.259 e. The molecule has 4 rings (SSSR count). The number of nitrogens with zero attached hydrogens (tertiary/aromatic N) is 4. The van der Waals surface area contributed by atoms with Gasteiger partial charge in [-0.15, -0.1) is 0 Å². The third-order valence-corrected chi connectivity index (χ3v) is 5.18. The number of pyridine rings is 1. The van der Waals surface area contributed by atoms with Gasteiger partial charge in [0, 0.05) is 46.9 Å². The van der Waals surface area contributed by atoms with Crippen LogP contribution in [0.4, 0.5) is 5.69 Å². The van der Waals surface area contributed by atoms with E-state index >= 15 is 0 Å². The summed E-state index contributed by atoms with van der Waals surface area (Å²) in [6, 6.07) is 7.59. The molecule has 1 aliphatic rings. The van der Waals surface area contributed by atoms with E-state index in [0.29, 0.717) is 17.1 Å². The molecule has 1 aliphatic heterocycles. The highest BCUT2D eigenvalue weighted by atomic mass is 35.5. The number of carbonyl (C=O) groups excluding carboxylic acids is 1. The minimum absolute atomic E-state index is 0.0632. The van der Waals surface area contributed by atoms with Crippen LogP contribution in [-0.4, -0.2) is 27.2 Å². The summed E-state index contributed by atoms with van der Waals surface area (Å²) in [6.07, 6.45) is 1.63. The lowest BCUT2D eigenvalue weighted by atomic mass is 9.87. The molecule has 128 valence electrons. The largest absolute Gasteiger partial charge is 0.307 e. The van der Waals surface area contributed by atoms with Crippen LogP contribution in [0.3, 0.4) is 0 Å². The number of aryl methyl sites for hydroxylation is 2. The van der Waals surface area contributed by atoms with E-state index in [1.165, 1.54) is 0 Å². The molecule has 0 atom stereocenters. The maximum atomic E-state index is 13.2. The first kappa shape index (κ1) is 16.1. The normalized spacial score (nSPS) is 15.6. The standard InChI is InChI=1S/C19H19ClN4O/c1-11-13-8-12(9-21-17(13)23(4)22-11)18(25)24-10-19(2,3)16-14(20)6-5-7-15(16)24/h5-9H,10H2,1-4H3. The summed E-state index contributed by atoms with van der Waals surface area (Å²) in [4.78, 5) is 19.4. The molecular formula is C19H19ClN4O. The molecule has 0 saturated heterocycles. The molecule has 3 heterocycles. The Hall–Kier alpha value is -2.40. The predicted octanol–water partition coefficient (Wildman–Crippen LogP) is 3.87. The molecule has 0 N–H and O–H groups in total. The van der Waals surface area contributed by atoms with Crippen LogP contribution in [0.1, 0.15) is 35.5 Å². The van der Waals surface area contributed by atoms with Crippen molar-refractivity contribution in [3.63, 3.8) is 0 Å². The van der Waals surface area contributed by atoms with Crippen molar-refractivity contribution in [3.8, 4) is 0 Å². The van der Waals surface area contributed by atoms with Crippen molar-refractivity contribution in [2.45, 2.75) is 26.2 Å². The molecule has 6 heteroatoms. The molecule has 25 heavy (non-hydrogen) atoms. The molecule has 0 spiro atoms. The van der Waals surface area contributed by atoms with E-state index in [-0.39, 0.29) is 11.3 Å². The predicted molar refractivity (Wildman–Crippen MR) is 99.4 cm³/mol. The average Bonchev–Trinajstić information content (AvgIpc) is 3.01. The van der Waals surface area contributed by atoms with Crippen molar-refractivity contribution in [3.05, 3.63) is 52.3 Å². The Morgan fingerprint density at radius 3 is 2.84 bits per heavy atom. The van der Waals surface area contributed by atoms with Crippen molar-refractivity contribution in [1.82, 2.24) is 14.8 Å². The topological polar surface area (TPSA) is 51.0 Å². The number of fused-ring (bicyclic) bond motifs is 2. The van der Waals surface area contributed by atoms with E-state index in [0.717, 1.165) is 28.0 Å². The molecule has 3 aromatic rings. The zero-order valence-electron chi connectivity index (χ0n) is 14.7. The summed E-state index contributed by atoms with van der Waals surface area (Å²) in [5, 5.41) is 5.97. The first-order chi connectivity index (χ1) is 11.8. The van der Waals surface area contributed by atoms with Crippen LogP contribution < -0.4 is 4.90 Å². The van der Waals surface area contributed by atoms with Crippen LogP contribution in [0.15, 0.2) is 30.5 Å². The molecule has 0 saturated carbocycles. The van der Waals surface area contributed by atoms with Gasteiger partial charge in [-0.1, -0.05) is 31.5 Å². The number of amides is 1. The van der Waals surface area contributed by atoms with Crippen molar-refractivity contribution in [1.29, 1.82) is 0 Å². The molecule has 2 aromatic heterocycles. The lowest BCUT2D eigenvalue weighted by molar-refractivity contribution is 0.0985. The van der Waals surface area contributed by atoms with E-state index in [1.807, 2.05) is 38.2 Å². The molecule has 0 bridgehead atoms. The maximum absolute atomic E-state index is 13.2. The number of hydrogen-bond donors (Lipinski definition) is 0. The highest BCUT2D eigenvalue weighted by Crippen LogP contribution is 2.44. The highest BCUT2D eigenvalue weighted by Gasteiger charge is 2.39. The fourth-order valence-electron chi connectivity index (χ4n) is 3.73. The summed E-state index contributed by atoms with van der Waals surface area (Å²) in [7, 11) is 1.85. The summed E-state index contributed by atoms with van der Waals surface area (Å²) in [5.41, 5.74) is 3.92. The Morgan fingerprint density at radius 2 is 2.08 bits per heavy atom. The van der Waals surface area contributed by atoms with Gasteiger partial charge in [0.05, 0.1) is 11.3 Å². The van der Waals surface area contributed by atoms with Crippen LogP contribution in [0, 0.1) is 6.92 Å². The third-order valence-electron chi connectivity index (χ3n) is 4.87. The van der Waals surface area contributed by atoms with Crippen LogP contribution >= 0.6 is 11.6 Å². The second-order valence-corrected chi connectivity index (χ2v) is 7.62. The molecule has 5 nitrogen and oxygen atoms in total. The van der Waals surface area contributed by atoms with Gasteiger partial charge in [-0.2, -0.15) is 5.10 Å². The molecular weight excluding hydrogens is 336 g/mol. The highest BCUT2D eigenvalue weighted by molar-refractivity contribution is 6.32. The van der Waals surface area contributed by atoms with Gasteiger partial charge in [0.2, 0.25) is 0 Å². The lowest BCUT2D eigenvalue weighted by Gasteiger charge is -2.21. The molecule has 0 radical (unpaired) electrons.